The molecule has 0 radical (unpaired) electrons. The Morgan fingerprint density at radius 3 is 2.80 bits per heavy atom. The number of hydrogen-bond acceptors (Lipinski definition) is 2. The summed E-state index contributed by atoms with van der Waals surface area (Å²) in [5, 5.41) is -0.414. The molecule has 1 fully saturated rings. The Labute approximate surface area is 96.7 Å². The van der Waals surface area contributed by atoms with Gasteiger partial charge in [-0.05, 0) is 19.8 Å². The molecule has 1 rings (SSSR count). The van der Waals surface area contributed by atoms with Crippen LogP contribution in [0.5, 0.6) is 0 Å². The quantitative estimate of drug-likeness (QED) is 0.693. The van der Waals surface area contributed by atoms with Crippen LogP contribution in [0.3, 0.4) is 0 Å². The van der Waals surface area contributed by atoms with Gasteiger partial charge in [0.15, 0.2) is 0 Å². The van der Waals surface area contributed by atoms with E-state index in [4.69, 9.17) is 16.3 Å². The Hall–Kier alpha value is -0.280. The van der Waals surface area contributed by atoms with Crippen LogP contribution in [-0.2, 0) is 9.53 Å². The van der Waals surface area contributed by atoms with Crippen LogP contribution in [0.2, 0.25) is 0 Å². The average Bonchev–Trinajstić information content (AvgIpc) is 2.55. The van der Waals surface area contributed by atoms with E-state index in [1.54, 1.807) is 6.92 Å². The maximum Gasteiger partial charge on any atom is 0.240 e. The van der Waals surface area contributed by atoms with Gasteiger partial charge in [0.1, 0.15) is 5.38 Å². The summed E-state index contributed by atoms with van der Waals surface area (Å²) in [7, 11) is 0. The van der Waals surface area contributed by atoms with Gasteiger partial charge in [-0.15, -0.1) is 11.6 Å². The number of halogens is 1. The second-order valence-corrected chi connectivity index (χ2v) is 4.91. The summed E-state index contributed by atoms with van der Waals surface area (Å²) in [6.07, 6.45) is 0. The molecule has 1 saturated heterocycles. The predicted molar refractivity (Wildman–Crippen MR) is 61.0 cm³/mol. The highest BCUT2D eigenvalue weighted by Crippen LogP contribution is 2.24. The van der Waals surface area contributed by atoms with Crippen molar-refractivity contribution in [3.05, 3.63) is 0 Å². The van der Waals surface area contributed by atoms with Crippen molar-refractivity contribution in [1.29, 1.82) is 0 Å². The van der Waals surface area contributed by atoms with Gasteiger partial charge in [-0.3, -0.25) is 4.79 Å². The van der Waals surface area contributed by atoms with Crippen molar-refractivity contribution in [3.63, 3.8) is 0 Å². The van der Waals surface area contributed by atoms with E-state index in [0.29, 0.717) is 11.8 Å². The van der Waals surface area contributed by atoms with Crippen LogP contribution in [0, 0.1) is 11.8 Å². The molecular formula is C11H20ClNO2. The van der Waals surface area contributed by atoms with Crippen molar-refractivity contribution in [2.75, 3.05) is 26.3 Å². The summed E-state index contributed by atoms with van der Waals surface area (Å²) in [6, 6.07) is 0. The van der Waals surface area contributed by atoms with E-state index in [1.165, 1.54) is 0 Å². The van der Waals surface area contributed by atoms with E-state index >= 15 is 0 Å². The van der Waals surface area contributed by atoms with Gasteiger partial charge in [-0.2, -0.15) is 0 Å². The van der Waals surface area contributed by atoms with Gasteiger partial charge in [0, 0.05) is 25.6 Å². The molecule has 0 aromatic rings. The largest absolute Gasteiger partial charge is 0.381 e. The summed E-state index contributed by atoms with van der Waals surface area (Å²) in [6.45, 7) is 8.97. The summed E-state index contributed by atoms with van der Waals surface area (Å²) in [5.74, 6) is 1.02. The molecule has 0 saturated carbocycles. The first-order valence-corrected chi connectivity index (χ1v) is 6.00. The van der Waals surface area contributed by atoms with E-state index < -0.39 is 5.38 Å². The molecule has 0 aromatic heterocycles. The third kappa shape index (κ3) is 3.35. The van der Waals surface area contributed by atoms with E-state index in [1.807, 2.05) is 11.8 Å². The first-order valence-electron chi connectivity index (χ1n) is 5.56. The second kappa shape index (κ2) is 5.71. The van der Waals surface area contributed by atoms with Gasteiger partial charge in [-0.25, -0.2) is 0 Å². The Balaban J connectivity index is 2.44. The average molecular weight is 234 g/mol. The summed E-state index contributed by atoms with van der Waals surface area (Å²) in [5.41, 5.74) is 0. The van der Waals surface area contributed by atoms with Crippen LogP contribution in [-0.4, -0.2) is 42.5 Å². The molecule has 0 aromatic carbocycles. The molecule has 88 valence electrons. The lowest BCUT2D eigenvalue weighted by molar-refractivity contribution is -0.129. The molecule has 0 spiro atoms. The van der Waals surface area contributed by atoms with Crippen LogP contribution in [0.25, 0.3) is 0 Å². The molecule has 0 aliphatic carbocycles. The van der Waals surface area contributed by atoms with Gasteiger partial charge in [-0.1, -0.05) is 6.92 Å². The van der Waals surface area contributed by atoms with Crippen molar-refractivity contribution in [1.82, 2.24) is 4.90 Å². The minimum atomic E-state index is -0.414. The molecule has 3 atom stereocenters. The minimum absolute atomic E-state index is 0.0440. The fraction of sp³-hybridized carbons (Fsp3) is 0.909. The topological polar surface area (TPSA) is 29.5 Å². The normalized spacial score (nSPS) is 28.1. The van der Waals surface area contributed by atoms with E-state index in [2.05, 4.69) is 6.92 Å². The van der Waals surface area contributed by atoms with Crippen molar-refractivity contribution in [2.45, 2.75) is 26.1 Å². The van der Waals surface area contributed by atoms with Crippen molar-refractivity contribution in [2.24, 2.45) is 11.8 Å². The zero-order valence-corrected chi connectivity index (χ0v) is 10.5. The summed E-state index contributed by atoms with van der Waals surface area (Å²) >= 11 is 5.79. The number of alkyl halides is 1. The fourth-order valence-corrected chi connectivity index (χ4v) is 2.09. The first-order chi connectivity index (χ1) is 7.06. The third-order valence-electron chi connectivity index (χ3n) is 2.96. The number of rotatable bonds is 4. The Morgan fingerprint density at radius 2 is 2.27 bits per heavy atom. The molecule has 1 amide bonds. The molecule has 1 aliphatic rings. The van der Waals surface area contributed by atoms with E-state index in [-0.39, 0.29) is 5.91 Å². The highest BCUT2D eigenvalue weighted by Gasteiger charge is 2.33. The molecule has 4 heteroatoms. The standard InChI is InChI=1S/C11H20ClNO2/c1-4-15-7-10-6-13(5-8(10)2)11(14)9(3)12/h8-10H,4-7H2,1-3H3/t8-,9-,10+/m1/s1. The number of amides is 1. The zero-order chi connectivity index (χ0) is 11.4. The number of nitrogens with zero attached hydrogens (tertiary/aromatic N) is 1. The van der Waals surface area contributed by atoms with Crippen LogP contribution in [0.15, 0.2) is 0 Å². The monoisotopic (exact) mass is 233 g/mol. The summed E-state index contributed by atoms with van der Waals surface area (Å²) < 4.78 is 5.41. The summed E-state index contributed by atoms with van der Waals surface area (Å²) in [4.78, 5) is 13.5. The number of carbonyl (C=O) groups excluding carboxylic acids is 1. The van der Waals surface area contributed by atoms with Crippen molar-refractivity contribution >= 4 is 17.5 Å². The van der Waals surface area contributed by atoms with Gasteiger partial charge in [0.25, 0.3) is 0 Å². The molecule has 0 N–H and O–H groups in total. The predicted octanol–water partition coefficient (Wildman–Crippen LogP) is 1.74. The molecule has 1 aliphatic heterocycles. The van der Waals surface area contributed by atoms with Crippen LogP contribution in [0.1, 0.15) is 20.8 Å². The smallest absolute Gasteiger partial charge is 0.240 e. The maximum absolute atomic E-state index is 11.7. The molecule has 0 unspecified atom stereocenters. The highest BCUT2D eigenvalue weighted by atomic mass is 35.5. The first kappa shape index (κ1) is 12.8. The number of carbonyl (C=O) groups is 1. The van der Waals surface area contributed by atoms with Crippen LogP contribution < -0.4 is 0 Å². The molecule has 3 nitrogen and oxygen atoms in total. The van der Waals surface area contributed by atoms with Crippen LogP contribution in [0.4, 0.5) is 0 Å². The SMILES string of the molecule is CCOC[C@@H]1CN(C(=O)[C@@H](C)Cl)C[C@H]1C. The molecule has 15 heavy (non-hydrogen) atoms. The number of ether oxygens (including phenoxy) is 1. The Bertz CT molecular complexity index is 221. The van der Waals surface area contributed by atoms with Gasteiger partial charge in [0.05, 0.1) is 6.61 Å². The molecular weight excluding hydrogens is 214 g/mol. The lowest BCUT2D eigenvalue weighted by Gasteiger charge is -2.17. The van der Waals surface area contributed by atoms with Crippen LogP contribution >= 0.6 is 11.6 Å². The van der Waals surface area contributed by atoms with E-state index in [9.17, 15) is 4.79 Å². The molecule has 1 heterocycles. The van der Waals surface area contributed by atoms with Gasteiger partial charge >= 0.3 is 0 Å². The van der Waals surface area contributed by atoms with Crippen molar-refractivity contribution < 1.29 is 9.53 Å². The number of hydrogen-bond donors (Lipinski definition) is 0. The van der Waals surface area contributed by atoms with Crippen molar-refractivity contribution in [3.8, 4) is 0 Å². The Kier molecular flexibility index (Phi) is 4.87. The van der Waals surface area contributed by atoms with Gasteiger partial charge in [0.2, 0.25) is 5.91 Å². The second-order valence-electron chi connectivity index (χ2n) is 4.26. The lowest BCUT2D eigenvalue weighted by atomic mass is 9.99. The lowest BCUT2D eigenvalue weighted by Crippen LogP contribution is -2.34. The fourth-order valence-electron chi connectivity index (χ4n) is 1.95. The Morgan fingerprint density at radius 1 is 1.60 bits per heavy atom. The highest BCUT2D eigenvalue weighted by molar-refractivity contribution is 6.30. The van der Waals surface area contributed by atoms with Gasteiger partial charge < -0.3 is 9.64 Å². The molecule has 0 bridgehead atoms. The number of likely N-dealkylation sites (tertiary alicyclic amines) is 1. The zero-order valence-electron chi connectivity index (χ0n) is 9.70. The maximum atomic E-state index is 11.7. The minimum Gasteiger partial charge on any atom is -0.381 e. The van der Waals surface area contributed by atoms with E-state index in [0.717, 1.165) is 26.3 Å². The third-order valence-corrected chi connectivity index (χ3v) is 3.14.